The second-order valence-corrected chi connectivity index (χ2v) is 10.6. The first-order valence-electron chi connectivity index (χ1n) is 11.9. The van der Waals surface area contributed by atoms with E-state index in [0.29, 0.717) is 29.0 Å². The third-order valence-corrected chi connectivity index (χ3v) is 7.27. The average Bonchev–Trinajstić information content (AvgIpc) is 3.23. The molecule has 5 N–H and O–H groups in total. The van der Waals surface area contributed by atoms with E-state index >= 15 is 0 Å². The first-order valence-corrected chi connectivity index (χ1v) is 13.6. The lowest BCUT2D eigenvalue weighted by Gasteiger charge is -2.16. The Labute approximate surface area is 216 Å². The van der Waals surface area contributed by atoms with Crippen molar-refractivity contribution < 1.29 is 32.6 Å². The van der Waals surface area contributed by atoms with Crippen molar-refractivity contribution in [3.8, 4) is 5.75 Å². The van der Waals surface area contributed by atoms with Crippen molar-refractivity contribution in [3.05, 3.63) is 59.7 Å². The third-order valence-electron chi connectivity index (χ3n) is 5.80. The van der Waals surface area contributed by atoms with Gasteiger partial charge in [-0.2, -0.15) is 0 Å². The number of rotatable bonds is 14. The van der Waals surface area contributed by atoms with Gasteiger partial charge in [0.15, 0.2) is 6.10 Å². The van der Waals surface area contributed by atoms with Crippen molar-refractivity contribution in [2.75, 3.05) is 23.8 Å². The molecule has 1 amide bonds. The number of cyclic esters (lactones) is 1. The molecule has 1 aliphatic heterocycles. The maximum Gasteiger partial charge on any atom is 0.414 e. The minimum atomic E-state index is -3.70. The van der Waals surface area contributed by atoms with Gasteiger partial charge < -0.3 is 20.3 Å². The van der Waals surface area contributed by atoms with Gasteiger partial charge in [-0.3, -0.25) is 15.1 Å². The predicted molar refractivity (Wildman–Crippen MR) is 139 cm³/mol. The Morgan fingerprint density at radius 1 is 1.22 bits per heavy atom. The Hall–Kier alpha value is -3.64. The van der Waals surface area contributed by atoms with E-state index in [1.54, 1.807) is 48.5 Å². The van der Waals surface area contributed by atoms with E-state index in [-0.39, 0.29) is 31.2 Å². The van der Waals surface area contributed by atoms with Gasteiger partial charge in [0.05, 0.1) is 12.3 Å². The number of nitrogens with one attached hydrogen (secondary N) is 2. The summed E-state index contributed by atoms with van der Waals surface area (Å²) in [5, 5.41) is 16.9. The summed E-state index contributed by atoms with van der Waals surface area (Å²) >= 11 is 0. The molecule has 0 aliphatic carbocycles. The summed E-state index contributed by atoms with van der Waals surface area (Å²) in [4.78, 5) is 25.4. The number of carboxylic acids is 1. The highest BCUT2D eigenvalue weighted by molar-refractivity contribution is 7.89. The number of hydrogen-bond donors (Lipinski definition) is 4. The largest absolute Gasteiger partial charge is 0.490 e. The van der Waals surface area contributed by atoms with Crippen molar-refractivity contribution in [1.82, 2.24) is 4.72 Å². The van der Waals surface area contributed by atoms with Crippen LogP contribution in [0.3, 0.4) is 0 Å². The summed E-state index contributed by atoms with van der Waals surface area (Å²) in [6, 6.07) is 12.1. The number of hydrogen-bond acceptors (Lipinski definition) is 7. The van der Waals surface area contributed by atoms with Gasteiger partial charge in [-0.1, -0.05) is 31.9 Å². The van der Waals surface area contributed by atoms with Crippen molar-refractivity contribution in [1.29, 1.82) is 5.41 Å². The molecular formula is C25H32N4O7S. The van der Waals surface area contributed by atoms with Gasteiger partial charge in [0, 0.05) is 11.3 Å². The molecule has 0 spiro atoms. The summed E-state index contributed by atoms with van der Waals surface area (Å²) in [6.45, 7) is 2.36. The first-order chi connectivity index (χ1) is 17.6. The number of carbonyl (C=O) groups excluding carboxylic acids is 1. The van der Waals surface area contributed by atoms with Crippen LogP contribution in [0.1, 0.15) is 37.3 Å². The van der Waals surface area contributed by atoms with Crippen molar-refractivity contribution in [2.24, 2.45) is 5.73 Å². The van der Waals surface area contributed by atoms with Crippen LogP contribution in [0.2, 0.25) is 0 Å². The van der Waals surface area contributed by atoms with E-state index in [0.717, 1.165) is 12.8 Å². The summed E-state index contributed by atoms with van der Waals surface area (Å²) in [7, 11) is -3.70. The smallest absolute Gasteiger partial charge is 0.414 e. The number of anilines is 1. The monoisotopic (exact) mass is 532 g/mol. The van der Waals surface area contributed by atoms with E-state index in [1.165, 1.54) is 4.90 Å². The van der Waals surface area contributed by atoms with Gasteiger partial charge in [0.25, 0.3) is 0 Å². The Balaban J connectivity index is 1.52. The molecular weight excluding hydrogens is 500 g/mol. The number of carboxylic acid groups (broad SMARTS) is 1. The lowest BCUT2D eigenvalue weighted by atomic mass is 10.1. The van der Waals surface area contributed by atoms with Crippen LogP contribution < -0.4 is 20.1 Å². The molecule has 2 aromatic rings. The highest BCUT2D eigenvalue weighted by Crippen LogP contribution is 2.23. The number of nitrogens with two attached hydrogens (primary N) is 1. The standard InChI is InChI=1S/C25H32N4O7S/c1-2-3-4-13-37(33,34)28-22(24(30)31)14-17-5-11-20(12-6-17)35-16-21-15-29(25(32)36-21)19-9-7-18(8-10-19)23(26)27/h5-12,21-22,28H,2-4,13-16H2,1H3,(H3,26,27)(H,30,31). The second kappa shape index (κ2) is 12.5. The lowest BCUT2D eigenvalue weighted by Crippen LogP contribution is -2.43. The third kappa shape index (κ3) is 8.19. The topological polar surface area (TPSA) is 172 Å². The van der Waals surface area contributed by atoms with Gasteiger partial charge in [0.1, 0.15) is 24.2 Å². The Bertz CT molecular complexity index is 1200. The summed E-state index contributed by atoms with van der Waals surface area (Å²) < 4.78 is 37.8. The van der Waals surface area contributed by atoms with E-state index in [9.17, 15) is 23.1 Å². The van der Waals surface area contributed by atoms with Gasteiger partial charge in [-0.15, -0.1) is 0 Å². The van der Waals surface area contributed by atoms with Crippen LogP contribution in [0.25, 0.3) is 0 Å². The minimum Gasteiger partial charge on any atom is -0.490 e. The number of nitrogen functional groups attached to an aromatic ring is 1. The average molecular weight is 533 g/mol. The first kappa shape index (κ1) is 27.9. The van der Waals surface area contributed by atoms with Crippen LogP contribution in [0.5, 0.6) is 5.75 Å². The molecule has 1 heterocycles. The summed E-state index contributed by atoms with van der Waals surface area (Å²) in [6.07, 6.45) is 1.08. The lowest BCUT2D eigenvalue weighted by molar-refractivity contribution is -0.138. The van der Waals surface area contributed by atoms with Gasteiger partial charge >= 0.3 is 12.1 Å². The van der Waals surface area contributed by atoms with Gasteiger partial charge in [0.2, 0.25) is 10.0 Å². The van der Waals surface area contributed by atoms with E-state index in [4.69, 9.17) is 20.6 Å². The van der Waals surface area contributed by atoms with E-state index in [1.807, 2.05) is 6.92 Å². The number of amidine groups is 1. The number of benzene rings is 2. The molecule has 2 atom stereocenters. The maximum atomic E-state index is 12.3. The van der Waals surface area contributed by atoms with Crippen LogP contribution in [0, 0.1) is 5.41 Å². The summed E-state index contributed by atoms with van der Waals surface area (Å²) in [5.41, 5.74) is 7.26. The molecule has 0 bridgehead atoms. The van der Waals surface area contributed by atoms with Gasteiger partial charge in [-0.25, -0.2) is 17.9 Å². The predicted octanol–water partition coefficient (Wildman–Crippen LogP) is 2.48. The second-order valence-electron chi connectivity index (χ2n) is 8.77. The van der Waals surface area contributed by atoms with Crippen molar-refractivity contribution >= 4 is 33.6 Å². The number of aliphatic carboxylic acids is 1. The van der Waals surface area contributed by atoms with Crippen molar-refractivity contribution in [3.63, 3.8) is 0 Å². The number of sulfonamides is 1. The quantitative estimate of drug-likeness (QED) is 0.163. The molecule has 2 unspecified atom stereocenters. The molecule has 0 radical (unpaired) electrons. The highest BCUT2D eigenvalue weighted by atomic mass is 32.2. The molecule has 2 aromatic carbocycles. The zero-order valence-electron chi connectivity index (χ0n) is 20.6. The van der Waals surface area contributed by atoms with E-state index < -0.39 is 34.2 Å². The molecule has 1 fully saturated rings. The number of amides is 1. The van der Waals surface area contributed by atoms with Crippen LogP contribution in [0.15, 0.2) is 48.5 Å². The summed E-state index contributed by atoms with van der Waals surface area (Å²) in [5.74, 6) is -0.918. The van der Waals surface area contributed by atoms with Gasteiger partial charge in [-0.05, 0) is 54.8 Å². The Morgan fingerprint density at radius 3 is 2.49 bits per heavy atom. The zero-order chi connectivity index (χ0) is 27.0. The highest BCUT2D eigenvalue weighted by Gasteiger charge is 2.33. The Kier molecular flexibility index (Phi) is 9.48. The van der Waals surface area contributed by atoms with Crippen LogP contribution in [-0.2, 0) is 26.0 Å². The van der Waals surface area contributed by atoms with Crippen LogP contribution in [0.4, 0.5) is 10.5 Å². The molecule has 12 heteroatoms. The molecule has 1 saturated heterocycles. The fourth-order valence-electron chi connectivity index (χ4n) is 3.78. The fourth-order valence-corrected chi connectivity index (χ4v) is 5.10. The molecule has 3 rings (SSSR count). The minimum absolute atomic E-state index is 0.0137. The van der Waals surface area contributed by atoms with Crippen molar-refractivity contribution in [2.45, 2.75) is 44.8 Å². The molecule has 0 aromatic heterocycles. The zero-order valence-corrected chi connectivity index (χ0v) is 21.4. The fraction of sp³-hybridized carbons (Fsp3) is 0.400. The molecule has 200 valence electrons. The Morgan fingerprint density at radius 2 is 1.89 bits per heavy atom. The number of ether oxygens (including phenoxy) is 2. The van der Waals surface area contributed by atoms with Crippen LogP contribution >= 0.6 is 0 Å². The van der Waals surface area contributed by atoms with E-state index in [2.05, 4.69) is 4.72 Å². The maximum absolute atomic E-state index is 12.3. The number of carbonyl (C=O) groups is 2. The van der Waals surface area contributed by atoms with Crippen LogP contribution in [-0.4, -0.2) is 62.5 Å². The normalized spacial score (nSPS) is 16.3. The number of nitrogens with zero attached hydrogens (tertiary/aromatic N) is 1. The molecule has 11 nitrogen and oxygen atoms in total. The SMILES string of the molecule is CCCCCS(=O)(=O)NC(Cc1ccc(OCC2CN(c3ccc(C(=N)N)cc3)C(=O)O2)cc1)C(=O)O. The number of unbranched alkanes of at least 4 members (excludes halogenated alkanes) is 2. The molecule has 37 heavy (non-hydrogen) atoms. The molecule has 0 saturated carbocycles. The molecule has 1 aliphatic rings.